The third-order valence-corrected chi connectivity index (χ3v) is 4.56. The van der Waals surface area contributed by atoms with Gasteiger partial charge in [0.05, 0.1) is 6.61 Å². The lowest BCUT2D eigenvalue weighted by molar-refractivity contribution is 0.114. The summed E-state index contributed by atoms with van der Waals surface area (Å²) in [6.45, 7) is 17.1. The lowest BCUT2D eigenvalue weighted by Gasteiger charge is -2.30. The van der Waals surface area contributed by atoms with Crippen LogP contribution in [-0.2, 0) is 4.74 Å². The Balaban J connectivity index is 0.00000529. The topological polar surface area (TPSA) is 40.1 Å². The lowest BCUT2D eigenvalue weighted by atomic mass is 10.1. The molecule has 1 unspecified atom stereocenters. The predicted molar refractivity (Wildman–Crippen MR) is 115 cm³/mol. The minimum Gasteiger partial charge on any atom is -0.381 e. The number of likely N-dealkylation sites (tertiary alicyclic amines) is 1. The maximum atomic E-state index is 5.56. The van der Waals surface area contributed by atoms with Gasteiger partial charge in [-0.25, -0.2) is 0 Å². The molecule has 5 nitrogen and oxygen atoms in total. The van der Waals surface area contributed by atoms with E-state index in [9.17, 15) is 0 Å². The molecule has 1 atom stereocenters. The molecule has 144 valence electrons. The van der Waals surface area contributed by atoms with Crippen LogP contribution < -0.4 is 5.32 Å². The third-order valence-electron chi connectivity index (χ3n) is 4.56. The van der Waals surface area contributed by atoms with E-state index in [-0.39, 0.29) is 24.0 Å². The molecule has 0 saturated carbocycles. The van der Waals surface area contributed by atoms with Gasteiger partial charge < -0.3 is 15.0 Å². The highest BCUT2D eigenvalue weighted by atomic mass is 127. The summed E-state index contributed by atoms with van der Waals surface area (Å²) >= 11 is 0. The molecule has 6 heteroatoms. The van der Waals surface area contributed by atoms with Crippen molar-refractivity contribution in [1.82, 2.24) is 15.1 Å². The summed E-state index contributed by atoms with van der Waals surface area (Å²) in [6, 6.07) is 1.21. The van der Waals surface area contributed by atoms with E-state index in [2.05, 4.69) is 54.7 Å². The summed E-state index contributed by atoms with van der Waals surface area (Å²) in [5.74, 6) is 1.69. The van der Waals surface area contributed by atoms with Crippen molar-refractivity contribution in [3.63, 3.8) is 0 Å². The number of nitrogens with one attached hydrogen (secondary N) is 1. The van der Waals surface area contributed by atoms with E-state index in [1.165, 1.54) is 6.42 Å². The number of rotatable bonds is 9. The molecule has 0 spiro atoms. The van der Waals surface area contributed by atoms with Crippen molar-refractivity contribution in [3.05, 3.63) is 0 Å². The van der Waals surface area contributed by atoms with E-state index in [4.69, 9.17) is 4.74 Å². The zero-order chi connectivity index (χ0) is 17.2. The zero-order valence-electron chi connectivity index (χ0n) is 16.5. The monoisotopic (exact) mass is 454 g/mol. The van der Waals surface area contributed by atoms with Crippen LogP contribution in [0.1, 0.15) is 47.5 Å². The molecular formula is C18H39IN4O. The average Bonchev–Trinajstić information content (AvgIpc) is 2.96. The zero-order valence-corrected chi connectivity index (χ0v) is 18.9. The molecule has 1 heterocycles. The fourth-order valence-corrected chi connectivity index (χ4v) is 3.35. The number of hydrogen-bond acceptors (Lipinski definition) is 3. The predicted octanol–water partition coefficient (Wildman–Crippen LogP) is 3.05. The summed E-state index contributed by atoms with van der Waals surface area (Å²) in [6.07, 6.45) is 2.35. The molecule has 1 N–H and O–H groups in total. The van der Waals surface area contributed by atoms with E-state index < -0.39 is 0 Å². The largest absolute Gasteiger partial charge is 0.381 e. The fourth-order valence-electron chi connectivity index (χ4n) is 3.35. The molecule has 1 rings (SSSR count). The Hall–Kier alpha value is -0.0800. The van der Waals surface area contributed by atoms with E-state index in [0.717, 1.165) is 51.8 Å². The van der Waals surface area contributed by atoms with Crippen molar-refractivity contribution in [2.24, 2.45) is 10.9 Å². The Morgan fingerprint density at radius 3 is 2.50 bits per heavy atom. The summed E-state index contributed by atoms with van der Waals surface area (Å²) in [5.41, 5.74) is 0. The number of guanidine groups is 1. The quantitative estimate of drug-likeness (QED) is 0.252. The van der Waals surface area contributed by atoms with Gasteiger partial charge in [-0.15, -0.1) is 24.0 Å². The van der Waals surface area contributed by atoms with Gasteiger partial charge in [0.1, 0.15) is 0 Å². The van der Waals surface area contributed by atoms with Gasteiger partial charge >= 0.3 is 0 Å². The van der Waals surface area contributed by atoms with Crippen LogP contribution in [0.3, 0.4) is 0 Å². The minimum absolute atomic E-state index is 0. The molecule has 0 aromatic rings. The summed E-state index contributed by atoms with van der Waals surface area (Å²) in [5, 5.41) is 3.53. The van der Waals surface area contributed by atoms with Gasteiger partial charge in [0.15, 0.2) is 5.96 Å². The Labute approximate surface area is 166 Å². The first-order chi connectivity index (χ1) is 11.0. The lowest BCUT2D eigenvalue weighted by Crippen LogP contribution is -2.42. The molecule has 0 radical (unpaired) electrons. The van der Waals surface area contributed by atoms with Crippen LogP contribution >= 0.6 is 24.0 Å². The van der Waals surface area contributed by atoms with E-state index in [0.29, 0.717) is 18.0 Å². The van der Waals surface area contributed by atoms with Gasteiger partial charge in [-0.2, -0.15) is 0 Å². The first-order valence-electron chi connectivity index (χ1n) is 9.28. The Kier molecular flexibility index (Phi) is 13.1. The number of nitrogens with zero attached hydrogens (tertiary/aromatic N) is 3. The summed E-state index contributed by atoms with van der Waals surface area (Å²) in [4.78, 5) is 9.36. The fraction of sp³-hybridized carbons (Fsp3) is 0.944. The third kappa shape index (κ3) is 8.34. The van der Waals surface area contributed by atoms with E-state index in [1.54, 1.807) is 0 Å². The van der Waals surface area contributed by atoms with Gasteiger partial charge in [-0.1, -0.05) is 0 Å². The molecular weight excluding hydrogens is 415 g/mol. The van der Waals surface area contributed by atoms with Crippen LogP contribution in [-0.4, -0.2) is 74.3 Å². The molecule has 0 aromatic carbocycles. The van der Waals surface area contributed by atoms with Crippen LogP contribution in [0.2, 0.25) is 0 Å². The summed E-state index contributed by atoms with van der Waals surface area (Å²) in [7, 11) is 1.88. The Morgan fingerprint density at radius 1 is 1.29 bits per heavy atom. The van der Waals surface area contributed by atoms with Crippen LogP contribution in [0.15, 0.2) is 4.99 Å². The van der Waals surface area contributed by atoms with Crippen LogP contribution in [0.25, 0.3) is 0 Å². The Bertz CT molecular complexity index is 342. The molecule has 0 bridgehead atoms. The van der Waals surface area contributed by atoms with Gasteiger partial charge in [-0.05, 0) is 47.5 Å². The molecule has 1 aliphatic rings. The SMILES string of the molecule is CCOCC1CCN(C(=NC)NCCCN(C(C)C)C(C)C)C1.I. The Morgan fingerprint density at radius 2 is 1.96 bits per heavy atom. The first kappa shape index (κ1) is 23.9. The highest BCUT2D eigenvalue weighted by molar-refractivity contribution is 14.0. The minimum atomic E-state index is 0. The maximum Gasteiger partial charge on any atom is 0.193 e. The normalized spacial score (nSPS) is 18.6. The second kappa shape index (κ2) is 13.2. The van der Waals surface area contributed by atoms with Gasteiger partial charge in [0, 0.05) is 57.8 Å². The highest BCUT2D eigenvalue weighted by Gasteiger charge is 2.24. The van der Waals surface area contributed by atoms with Crippen molar-refractivity contribution < 1.29 is 4.74 Å². The molecule has 1 aliphatic heterocycles. The van der Waals surface area contributed by atoms with E-state index in [1.807, 2.05) is 7.05 Å². The molecule has 0 aromatic heterocycles. The van der Waals surface area contributed by atoms with Crippen LogP contribution in [0, 0.1) is 5.92 Å². The molecule has 0 amide bonds. The highest BCUT2D eigenvalue weighted by Crippen LogP contribution is 2.16. The number of aliphatic imine (C=N–C) groups is 1. The van der Waals surface area contributed by atoms with Crippen molar-refractivity contribution in [1.29, 1.82) is 0 Å². The second-order valence-corrected chi connectivity index (χ2v) is 7.01. The van der Waals surface area contributed by atoms with Gasteiger partial charge in [-0.3, -0.25) is 9.89 Å². The first-order valence-corrected chi connectivity index (χ1v) is 9.28. The van der Waals surface area contributed by atoms with Crippen LogP contribution in [0.5, 0.6) is 0 Å². The van der Waals surface area contributed by atoms with Crippen molar-refractivity contribution in [3.8, 4) is 0 Å². The van der Waals surface area contributed by atoms with Crippen molar-refractivity contribution >= 4 is 29.9 Å². The number of hydrogen-bond donors (Lipinski definition) is 1. The maximum absolute atomic E-state index is 5.56. The van der Waals surface area contributed by atoms with Crippen molar-refractivity contribution in [2.75, 3.05) is 46.4 Å². The summed E-state index contributed by atoms with van der Waals surface area (Å²) < 4.78 is 5.56. The molecule has 1 saturated heterocycles. The molecule has 1 fully saturated rings. The van der Waals surface area contributed by atoms with Gasteiger partial charge in [0.2, 0.25) is 0 Å². The average molecular weight is 454 g/mol. The molecule has 0 aliphatic carbocycles. The van der Waals surface area contributed by atoms with Gasteiger partial charge in [0.25, 0.3) is 0 Å². The smallest absolute Gasteiger partial charge is 0.193 e. The molecule has 24 heavy (non-hydrogen) atoms. The standard InChI is InChI=1S/C18H38N4O.HI/c1-7-23-14-17-9-12-21(13-17)18(19-6)20-10-8-11-22(15(2)3)16(4)5;/h15-17H,7-14H2,1-6H3,(H,19,20);1H. The van der Waals surface area contributed by atoms with E-state index >= 15 is 0 Å². The van der Waals surface area contributed by atoms with Crippen LogP contribution in [0.4, 0.5) is 0 Å². The number of halogens is 1. The van der Waals surface area contributed by atoms with Crippen molar-refractivity contribution in [2.45, 2.75) is 59.5 Å². The second-order valence-electron chi connectivity index (χ2n) is 7.01. The number of ether oxygens (including phenoxy) is 1.